The van der Waals surface area contributed by atoms with Gasteiger partial charge in [-0.05, 0) is 24.3 Å². The van der Waals surface area contributed by atoms with Gasteiger partial charge in [0.25, 0.3) is 5.56 Å². The van der Waals surface area contributed by atoms with Crippen LogP contribution in [0.3, 0.4) is 0 Å². The van der Waals surface area contributed by atoms with E-state index in [-0.39, 0.29) is 17.4 Å². The minimum absolute atomic E-state index is 0.137. The van der Waals surface area contributed by atoms with Crippen molar-refractivity contribution in [3.8, 4) is 0 Å². The van der Waals surface area contributed by atoms with Gasteiger partial charge in [0, 0.05) is 30.0 Å². The Labute approximate surface area is 126 Å². The molecule has 21 heavy (non-hydrogen) atoms. The van der Waals surface area contributed by atoms with E-state index in [1.165, 1.54) is 12.4 Å². The largest absolute Gasteiger partial charge is 0.342 e. The van der Waals surface area contributed by atoms with Crippen LogP contribution in [0.4, 0.5) is 0 Å². The Bertz CT molecular complexity index is 666. The van der Waals surface area contributed by atoms with Gasteiger partial charge < -0.3 is 9.88 Å². The molecule has 0 aliphatic carbocycles. The molecule has 5 nitrogen and oxygen atoms in total. The van der Waals surface area contributed by atoms with Crippen LogP contribution in [-0.2, 0) is 11.2 Å². The summed E-state index contributed by atoms with van der Waals surface area (Å²) in [5.41, 5.74) is 0.648. The number of carbonyl (C=O) groups excluding carboxylic acids is 1. The maximum atomic E-state index is 12.4. The van der Waals surface area contributed by atoms with Crippen LogP contribution in [0.15, 0.2) is 34.7 Å². The summed E-state index contributed by atoms with van der Waals surface area (Å²) >= 11 is 1.61. The van der Waals surface area contributed by atoms with Crippen LogP contribution in [0.1, 0.15) is 29.3 Å². The van der Waals surface area contributed by atoms with Gasteiger partial charge in [0.05, 0.1) is 18.4 Å². The van der Waals surface area contributed by atoms with Crippen molar-refractivity contribution in [2.45, 2.75) is 25.2 Å². The van der Waals surface area contributed by atoms with Crippen LogP contribution in [0.2, 0.25) is 0 Å². The van der Waals surface area contributed by atoms with Crippen molar-refractivity contribution in [3.05, 3.63) is 50.8 Å². The highest BCUT2D eigenvalue weighted by atomic mass is 32.1. The molecule has 1 saturated heterocycles. The van der Waals surface area contributed by atoms with E-state index in [1.54, 1.807) is 11.3 Å². The van der Waals surface area contributed by atoms with E-state index in [0.29, 0.717) is 13.0 Å². The predicted molar refractivity (Wildman–Crippen MR) is 81.4 cm³/mol. The van der Waals surface area contributed by atoms with E-state index < -0.39 is 0 Å². The highest BCUT2D eigenvalue weighted by Crippen LogP contribution is 2.25. The molecule has 1 aliphatic rings. The van der Waals surface area contributed by atoms with Gasteiger partial charge in [0.15, 0.2) is 0 Å². The van der Waals surface area contributed by atoms with Gasteiger partial charge in [-0.3, -0.25) is 9.59 Å². The Balaban J connectivity index is 1.68. The maximum absolute atomic E-state index is 12.4. The standard InChI is InChI=1S/C15H17N3O2S/c19-14-8-13(16-10-17-14)11-3-1-5-18(9-11)15(20)7-12-4-2-6-21-12/h2,4,6,8,10-11H,1,3,5,7,9H2,(H,16,17,19). The molecule has 0 aromatic carbocycles. The Morgan fingerprint density at radius 1 is 1.52 bits per heavy atom. The number of H-pyrrole nitrogens is 1. The van der Waals surface area contributed by atoms with E-state index in [9.17, 15) is 9.59 Å². The summed E-state index contributed by atoms with van der Waals surface area (Å²) in [5.74, 6) is 0.320. The molecule has 0 bridgehead atoms. The van der Waals surface area contributed by atoms with Crippen molar-refractivity contribution in [1.29, 1.82) is 0 Å². The van der Waals surface area contributed by atoms with E-state index in [1.807, 2.05) is 22.4 Å². The normalized spacial score (nSPS) is 18.7. The van der Waals surface area contributed by atoms with Crippen LogP contribution in [0.5, 0.6) is 0 Å². The molecule has 0 spiro atoms. The van der Waals surface area contributed by atoms with Crippen molar-refractivity contribution < 1.29 is 4.79 Å². The summed E-state index contributed by atoms with van der Waals surface area (Å²) in [6.45, 7) is 1.45. The molecule has 1 atom stereocenters. The Hall–Kier alpha value is -1.95. The fourth-order valence-corrected chi connectivity index (χ4v) is 3.42. The average Bonchev–Trinajstić information content (AvgIpc) is 3.00. The van der Waals surface area contributed by atoms with Crippen LogP contribution in [0.25, 0.3) is 0 Å². The molecular weight excluding hydrogens is 286 g/mol. The van der Waals surface area contributed by atoms with Crippen molar-refractivity contribution >= 4 is 17.2 Å². The van der Waals surface area contributed by atoms with E-state index >= 15 is 0 Å². The summed E-state index contributed by atoms with van der Waals surface area (Å²) in [5, 5.41) is 1.99. The molecule has 2 aromatic heterocycles. The molecule has 1 amide bonds. The third-order valence-corrected chi connectivity index (χ3v) is 4.67. The van der Waals surface area contributed by atoms with Crippen LogP contribution >= 0.6 is 11.3 Å². The van der Waals surface area contributed by atoms with Gasteiger partial charge in [-0.1, -0.05) is 6.07 Å². The lowest BCUT2D eigenvalue weighted by atomic mass is 9.94. The van der Waals surface area contributed by atoms with Crippen LogP contribution in [-0.4, -0.2) is 33.9 Å². The lowest BCUT2D eigenvalue weighted by molar-refractivity contribution is -0.131. The first-order chi connectivity index (χ1) is 10.2. The SMILES string of the molecule is O=C(Cc1cccs1)N1CCCC(c2cc(=O)[nH]cn2)C1. The Morgan fingerprint density at radius 3 is 3.19 bits per heavy atom. The number of nitrogens with zero attached hydrogens (tertiary/aromatic N) is 2. The van der Waals surface area contributed by atoms with Crippen molar-refractivity contribution in [2.24, 2.45) is 0 Å². The van der Waals surface area contributed by atoms with Crippen LogP contribution in [0, 0.1) is 0 Å². The zero-order chi connectivity index (χ0) is 14.7. The third-order valence-electron chi connectivity index (χ3n) is 3.80. The quantitative estimate of drug-likeness (QED) is 0.940. The summed E-state index contributed by atoms with van der Waals surface area (Å²) in [4.78, 5) is 33.5. The molecule has 6 heteroatoms. The van der Waals surface area contributed by atoms with E-state index in [2.05, 4.69) is 9.97 Å². The first-order valence-electron chi connectivity index (χ1n) is 7.07. The second kappa shape index (κ2) is 6.22. The van der Waals surface area contributed by atoms with Crippen molar-refractivity contribution in [1.82, 2.24) is 14.9 Å². The number of nitrogens with one attached hydrogen (secondary N) is 1. The molecule has 1 aliphatic heterocycles. The number of carbonyl (C=O) groups is 1. The first-order valence-corrected chi connectivity index (χ1v) is 7.95. The lowest BCUT2D eigenvalue weighted by Gasteiger charge is -2.32. The first kappa shape index (κ1) is 14.0. The molecule has 3 heterocycles. The number of likely N-dealkylation sites (tertiary alicyclic amines) is 1. The Kier molecular flexibility index (Phi) is 4.15. The van der Waals surface area contributed by atoms with E-state index in [0.717, 1.165) is 30.0 Å². The minimum atomic E-state index is -0.137. The van der Waals surface area contributed by atoms with Crippen LogP contribution < -0.4 is 5.56 Å². The highest BCUT2D eigenvalue weighted by Gasteiger charge is 2.25. The van der Waals surface area contributed by atoms with Gasteiger partial charge in [0.2, 0.25) is 5.91 Å². The number of rotatable bonds is 3. The molecule has 1 fully saturated rings. The summed E-state index contributed by atoms with van der Waals surface area (Å²) in [6.07, 6.45) is 3.83. The fourth-order valence-electron chi connectivity index (χ4n) is 2.73. The highest BCUT2D eigenvalue weighted by molar-refractivity contribution is 7.10. The number of thiophene rings is 1. The molecular formula is C15H17N3O2S. The molecule has 2 aromatic rings. The molecule has 0 saturated carbocycles. The monoisotopic (exact) mass is 303 g/mol. The minimum Gasteiger partial charge on any atom is -0.342 e. The summed E-state index contributed by atoms with van der Waals surface area (Å²) in [7, 11) is 0. The average molecular weight is 303 g/mol. The van der Waals surface area contributed by atoms with Gasteiger partial charge in [-0.25, -0.2) is 4.98 Å². The Morgan fingerprint density at radius 2 is 2.43 bits per heavy atom. The topological polar surface area (TPSA) is 66.1 Å². The maximum Gasteiger partial charge on any atom is 0.250 e. The zero-order valence-corrected chi connectivity index (χ0v) is 12.4. The van der Waals surface area contributed by atoms with Gasteiger partial charge in [0.1, 0.15) is 0 Å². The van der Waals surface area contributed by atoms with E-state index in [4.69, 9.17) is 0 Å². The fraction of sp³-hybridized carbons (Fsp3) is 0.400. The summed E-state index contributed by atoms with van der Waals surface area (Å²) in [6, 6.07) is 5.49. The molecule has 3 rings (SSSR count). The lowest BCUT2D eigenvalue weighted by Crippen LogP contribution is -2.40. The second-order valence-electron chi connectivity index (χ2n) is 5.27. The smallest absolute Gasteiger partial charge is 0.250 e. The predicted octanol–water partition coefficient (Wildman–Crippen LogP) is 1.78. The number of aromatic amines is 1. The number of hydrogen-bond acceptors (Lipinski definition) is 4. The molecule has 110 valence electrons. The number of aromatic nitrogens is 2. The van der Waals surface area contributed by atoms with Gasteiger partial charge in [-0.15, -0.1) is 11.3 Å². The number of hydrogen-bond donors (Lipinski definition) is 1. The second-order valence-corrected chi connectivity index (χ2v) is 6.30. The molecule has 1 unspecified atom stereocenters. The molecule has 0 radical (unpaired) electrons. The molecule has 1 N–H and O–H groups in total. The number of amides is 1. The third kappa shape index (κ3) is 3.39. The number of piperidine rings is 1. The van der Waals surface area contributed by atoms with Crippen molar-refractivity contribution in [2.75, 3.05) is 13.1 Å². The summed E-state index contributed by atoms with van der Waals surface area (Å²) < 4.78 is 0. The zero-order valence-electron chi connectivity index (χ0n) is 11.6. The van der Waals surface area contributed by atoms with Gasteiger partial charge in [-0.2, -0.15) is 0 Å². The van der Waals surface area contributed by atoms with Gasteiger partial charge >= 0.3 is 0 Å². The van der Waals surface area contributed by atoms with Crippen molar-refractivity contribution in [3.63, 3.8) is 0 Å².